The zero-order valence-corrected chi connectivity index (χ0v) is 15.4. The number of hydrogen-bond acceptors (Lipinski definition) is 4. The molecule has 0 fully saturated rings. The first-order valence-corrected chi connectivity index (χ1v) is 8.71. The Morgan fingerprint density at radius 3 is 2.77 bits per heavy atom. The third kappa shape index (κ3) is 5.00. The van der Waals surface area contributed by atoms with Gasteiger partial charge in [0.1, 0.15) is 12.4 Å². The molecule has 0 saturated carbocycles. The third-order valence-electron chi connectivity index (χ3n) is 3.49. The van der Waals surface area contributed by atoms with Crippen LogP contribution in [0.1, 0.15) is 21.5 Å². The first kappa shape index (κ1) is 17.8. The van der Waals surface area contributed by atoms with E-state index in [1.54, 1.807) is 30.6 Å². The number of carbonyl (C=O) groups excluding carboxylic acids is 1. The van der Waals surface area contributed by atoms with Crippen LogP contribution in [0.2, 0.25) is 0 Å². The van der Waals surface area contributed by atoms with Gasteiger partial charge in [-0.1, -0.05) is 52.3 Å². The van der Waals surface area contributed by atoms with Crippen LogP contribution in [-0.4, -0.2) is 17.1 Å². The smallest absolute Gasteiger partial charge is 0.275 e. The highest BCUT2D eigenvalue weighted by atomic mass is 79.9. The summed E-state index contributed by atoms with van der Waals surface area (Å²) in [6, 6.07) is 18.7. The second-order valence-corrected chi connectivity index (χ2v) is 6.32. The highest BCUT2D eigenvalue weighted by Crippen LogP contribution is 2.24. The van der Waals surface area contributed by atoms with Gasteiger partial charge in [0.05, 0.1) is 11.8 Å². The van der Waals surface area contributed by atoms with E-state index < -0.39 is 0 Å². The van der Waals surface area contributed by atoms with Crippen LogP contribution in [0.25, 0.3) is 0 Å². The average Bonchev–Trinajstić information content (AvgIpc) is 2.68. The number of hydrazone groups is 1. The highest BCUT2D eigenvalue weighted by molar-refractivity contribution is 9.10. The summed E-state index contributed by atoms with van der Waals surface area (Å²) >= 11 is 3.38. The summed E-state index contributed by atoms with van der Waals surface area (Å²) in [6.07, 6.45) is 4.87. The molecule has 0 aliphatic carbocycles. The number of pyridine rings is 1. The lowest BCUT2D eigenvalue weighted by molar-refractivity contribution is 0.0950. The summed E-state index contributed by atoms with van der Waals surface area (Å²) in [7, 11) is 0. The standard InChI is InChI=1S/C20H16BrN3O2/c21-17-8-9-19(26-14-15-5-2-1-3-6-15)18(11-17)20(25)24-23-13-16-7-4-10-22-12-16/h1-13H,14H2,(H,24,25)/b23-13-. The van der Waals surface area contributed by atoms with Gasteiger partial charge in [-0.3, -0.25) is 9.78 Å². The van der Waals surface area contributed by atoms with Crippen molar-refractivity contribution in [3.05, 3.63) is 94.2 Å². The maximum absolute atomic E-state index is 12.5. The molecule has 0 unspecified atom stereocenters. The summed E-state index contributed by atoms with van der Waals surface area (Å²) in [5, 5.41) is 3.97. The number of nitrogens with one attached hydrogen (secondary N) is 1. The maximum Gasteiger partial charge on any atom is 0.275 e. The van der Waals surface area contributed by atoms with Crippen molar-refractivity contribution < 1.29 is 9.53 Å². The Bertz CT molecular complexity index is 899. The van der Waals surface area contributed by atoms with Crippen molar-refractivity contribution in [2.45, 2.75) is 6.61 Å². The van der Waals surface area contributed by atoms with Crippen molar-refractivity contribution in [3.63, 3.8) is 0 Å². The normalized spacial score (nSPS) is 10.7. The molecule has 0 aliphatic heterocycles. The van der Waals surface area contributed by atoms with Gasteiger partial charge in [0.15, 0.2) is 0 Å². The van der Waals surface area contributed by atoms with Crippen LogP contribution in [0.4, 0.5) is 0 Å². The lowest BCUT2D eigenvalue weighted by atomic mass is 10.2. The van der Waals surface area contributed by atoms with Crippen molar-refractivity contribution in [1.82, 2.24) is 10.4 Å². The number of amides is 1. The van der Waals surface area contributed by atoms with Gasteiger partial charge in [0.2, 0.25) is 0 Å². The van der Waals surface area contributed by atoms with Crippen LogP contribution in [0, 0.1) is 0 Å². The molecule has 0 spiro atoms. The summed E-state index contributed by atoms with van der Waals surface area (Å²) in [4.78, 5) is 16.5. The van der Waals surface area contributed by atoms with Gasteiger partial charge in [0.25, 0.3) is 5.91 Å². The van der Waals surface area contributed by atoms with Crippen LogP contribution in [0.5, 0.6) is 5.75 Å². The molecule has 0 aliphatic rings. The molecule has 1 N–H and O–H groups in total. The number of carbonyl (C=O) groups is 1. The van der Waals surface area contributed by atoms with Crippen molar-refractivity contribution in [1.29, 1.82) is 0 Å². The molecule has 3 rings (SSSR count). The maximum atomic E-state index is 12.5. The Morgan fingerprint density at radius 2 is 2.00 bits per heavy atom. The van der Waals surface area contributed by atoms with Crippen LogP contribution in [-0.2, 0) is 6.61 Å². The van der Waals surface area contributed by atoms with Crippen LogP contribution >= 0.6 is 15.9 Å². The van der Waals surface area contributed by atoms with E-state index in [1.807, 2.05) is 42.5 Å². The van der Waals surface area contributed by atoms with E-state index in [0.29, 0.717) is 17.9 Å². The average molecular weight is 410 g/mol. The minimum absolute atomic E-state index is 0.352. The number of aromatic nitrogens is 1. The van der Waals surface area contributed by atoms with E-state index in [2.05, 4.69) is 31.4 Å². The summed E-state index contributed by atoms with van der Waals surface area (Å²) in [5.74, 6) is 0.139. The number of benzene rings is 2. The monoisotopic (exact) mass is 409 g/mol. The topological polar surface area (TPSA) is 63.6 Å². The van der Waals surface area contributed by atoms with Crippen LogP contribution < -0.4 is 10.2 Å². The Kier molecular flexibility index (Phi) is 6.11. The second kappa shape index (κ2) is 8.92. The van der Waals surface area contributed by atoms with Gasteiger partial charge in [-0.25, -0.2) is 5.43 Å². The molecule has 0 radical (unpaired) electrons. The van der Waals surface area contributed by atoms with E-state index in [1.165, 1.54) is 6.21 Å². The fourth-order valence-corrected chi connectivity index (χ4v) is 2.58. The van der Waals surface area contributed by atoms with Crippen molar-refractivity contribution in [2.75, 3.05) is 0 Å². The molecule has 130 valence electrons. The molecule has 6 heteroatoms. The van der Waals surface area contributed by atoms with Gasteiger partial charge in [-0.15, -0.1) is 0 Å². The van der Waals surface area contributed by atoms with Gasteiger partial charge in [-0.05, 0) is 29.8 Å². The first-order valence-electron chi connectivity index (χ1n) is 7.92. The van der Waals surface area contributed by atoms with E-state index in [0.717, 1.165) is 15.6 Å². The minimum Gasteiger partial charge on any atom is -0.488 e. The Balaban J connectivity index is 1.70. The van der Waals surface area contributed by atoms with Crippen molar-refractivity contribution in [2.24, 2.45) is 5.10 Å². The number of nitrogens with zero attached hydrogens (tertiary/aromatic N) is 2. The molecule has 5 nitrogen and oxygen atoms in total. The predicted molar refractivity (Wildman–Crippen MR) is 104 cm³/mol. The first-order chi connectivity index (χ1) is 12.7. The van der Waals surface area contributed by atoms with E-state index >= 15 is 0 Å². The summed E-state index contributed by atoms with van der Waals surface area (Å²) in [6.45, 7) is 0.377. The Morgan fingerprint density at radius 1 is 1.15 bits per heavy atom. The number of hydrogen-bond donors (Lipinski definition) is 1. The lowest BCUT2D eigenvalue weighted by Gasteiger charge is -2.11. The number of ether oxygens (including phenoxy) is 1. The molecule has 3 aromatic rings. The predicted octanol–water partition coefficient (Wildman–Crippen LogP) is 4.19. The fourth-order valence-electron chi connectivity index (χ4n) is 2.22. The quantitative estimate of drug-likeness (QED) is 0.490. The molecule has 2 aromatic carbocycles. The molecule has 1 heterocycles. The second-order valence-electron chi connectivity index (χ2n) is 5.40. The van der Waals surface area contributed by atoms with E-state index in [4.69, 9.17) is 4.74 Å². The molecule has 26 heavy (non-hydrogen) atoms. The number of rotatable bonds is 6. The largest absolute Gasteiger partial charge is 0.488 e. The molecular weight excluding hydrogens is 394 g/mol. The Hall–Kier alpha value is -2.99. The number of halogens is 1. The van der Waals surface area contributed by atoms with Crippen LogP contribution in [0.15, 0.2) is 82.6 Å². The van der Waals surface area contributed by atoms with Gasteiger partial charge < -0.3 is 4.74 Å². The minimum atomic E-state index is -0.352. The molecule has 0 bridgehead atoms. The summed E-state index contributed by atoms with van der Waals surface area (Å²) < 4.78 is 6.60. The third-order valence-corrected chi connectivity index (χ3v) is 3.98. The fraction of sp³-hybridized carbons (Fsp3) is 0.0500. The van der Waals surface area contributed by atoms with Crippen LogP contribution in [0.3, 0.4) is 0 Å². The zero-order chi connectivity index (χ0) is 18.2. The summed E-state index contributed by atoms with van der Waals surface area (Å²) in [5.41, 5.74) is 4.74. The zero-order valence-electron chi connectivity index (χ0n) is 13.8. The van der Waals surface area contributed by atoms with Crippen molar-refractivity contribution >= 4 is 28.1 Å². The Labute approximate surface area is 159 Å². The SMILES string of the molecule is O=C(N/N=C\c1cccnc1)c1cc(Br)ccc1OCc1ccccc1. The molecule has 1 aromatic heterocycles. The van der Waals surface area contributed by atoms with Crippen molar-refractivity contribution in [3.8, 4) is 5.75 Å². The van der Waals surface area contributed by atoms with Gasteiger partial charge >= 0.3 is 0 Å². The van der Waals surface area contributed by atoms with E-state index in [9.17, 15) is 4.79 Å². The molecule has 0 atom stereocenters. The van der Waals surface area contributed by atoms with E-state index in [-0.39, 0.29) is 5.91 Å². The highest BCUT2D eigenvalue weighted by Gasteiger charge is 2.13. The van der Waals surface area contributed by atoms with Gasteiger partial charge in [0, 0.05) is 22.4 Å². The van der Waals surface area contributed by atoms with Gasteiger partial charge in [-0.2, -0.15) is 5.10 Å². The lowest BCUT2D eigenvalue weighted by Crippen LogP contribution is -2.18. The molecular formula is C20H16BrN3O2. The molecule has 0 saturated heterocycles. The molecule has 1 amide bonds.